The van der Waals surface area contributed by atoms with Crippen LogP contribution in [0.5, 0.6) is 11.5 Å². The fourth-order valence-corrected chi connectivity index (χ4v) is 4.83. The predicted molar refractivity (Wildman–Crippen MR) is 128 cm³/mol. The Morgan fingerprint density at radius 3 is 2.63 bits per heavy atom. The largest absolute Gasteiger partial charge is 0.497 e. The molecule has 2 aliphatic rings. The van der Waals surface area contributed by atoms with Gasteiger partial charge in [0.15, 0.2) is 11.6 Å². The molecule has 3 amide bonds. The van der Waals surface area contributed by atoms with Crippen molar-refractivity contribution in [3.63, 3.8) is 0 Å². The number of nitrogens with one attached hydrogen (secondary N) is 1. The van der Waals surface area contributed by atoms with Crippen LogP contribution in [0.1, 0.15) is 31.2 Å². The van der Waals surface area contributed by atoms with Gasteiger partial charge in [-0.2, -0.15) is 0 Å². The molecule has 2 fully saturated rings. The third kappa shape index (κ3) is 5.55. The van der Waals surface area contributed by atoms with E-state index in [1.54, 1.807) is 35.1 Å². The topological polar surface area (TPSA) is 88.2 Å². The van der Waals surface area contributed by atoms with Crippen LogP contribution in [0.3, 0.4) is 0 Å². The summed E-state index contributed by atoms with van der Waals surface area (Å²) in [6.07, 6.45) is 2.06. The van der Waals surface area contributed by atoms with Crippen LogP contribution < -0.4 is 19.7 Å². The van der Waals surface area contributed by atoms with Crippen LogP contribution >= 0.6 is 0 Å². The average molecular weight is 484 g/mol. The summed E-state index contributed by atoms with van der Waals surface area (Å²) in [5.74, 6) is 0.0188. The number of halogens is 1. The molecule has 0 saturated carbocycles. The summed E-state index contributed by atoms with van der Waals surface area (Å²) in [5.41, 5.74) is 0.964. The second kappa shape index (κ2) is 10.3. The normalized spacial score (nSPS) is 20.1. The van der Waals surface area contributed by atoms with Crippen LogP contribution in [-0.2, 0) is 20.8 Å². The zero-order valence-electron chi connectivity index (χ0n) is 20.0. The molecule has 0 spiro atoms. The SMILES string of the molecule is COc1cccc(N2CCN(C(=O)CCC3(Cc4ccc(F)c(OC)c4)CCC(=O)N3)CC2=O)c1. The third-order valence-corrected chi connectivity index (χ3v) is 6.75. The Balaban J connectivity index is 1.39. The van der Waals surface area contributed by atoms with Crippen molar-refractivity contribution < 1.29 is 28.2 Å². The number of ether oxygens (including phenoxy) is 2. The van der Waals surface area contributed by atoms with E-state index in [1.807, 2.05) is 18.2 Å². The lowest BCUT2D eigenvalue weighted by atomic mass is 9.84. The van der Waals surface area contributed by atoms with Gasteiger partial charge in [-0.05, 0) is 49.1 Å². The van der Waals surface area contributed by atoms with E-state index in [1.165, 1.54) is 13.2 Å². The highest BCUT2D eigenvalue weighted by molar-refractivity contribution is 5.98. The van der Waals surface area contributed by atoms with Crippen molar-refractivity contribution >= 4 is 23.4 Å². The van der Waals surface area contributed by atoms with Crippen LogP contribution in [0.2, 0.25) is 0 Å². The molecule has 4 rings (SSSR count). The Morgan fingerprint density at radius 2 is 1.94 bits per heavy atom. The van der Waals surface area contributed by atoms with Crippen LogP contribution in [-0.4, -0.2) is 62.0 Å². The summed E-state index contributed by atoms with van der Waals surface area (Å²) in [4.78, 5) is 41.1. The fraction of sp³-hybridized carbons (Fsp3) is 0.423. The van der Waals surface area contributed by atoms with Gasteiger partial charge < -0.3 is 24.6 Å². The molecular weight excluding hydrogens is 453 g/mol. The summed E-state index contributed by atoms with van der Waals surface area (Å²) < 4.78 is 24.1. The maximum absolute atomic E-state index is 13.8. The first-order chi connectivity index (χ1) is 16.8. The first-order valence-electron chi connectivity index (χ1n) is 11.7. The van der Waals surface area contributed by atoms with E-state index in [0.29, 0.717) is 44.5 Å². The minimum Gasteiger partial charge on any atom is -0.497 e. The molecule has 2 saturated heterocycles. The van der Waals surface area contributed by atoms with E-state index in [-0.39, 0.29) is 36.4 Å². The quantitative estimate of drug-likeness (QED) is 0.624. The number of hydrogen-bond donors (Lipinski definition) is 1. The van der Waals surface area contributed by atoms with Gasteiger partial charge in [0.2, 0.25) is 17.7 Å². The smallest absolute Gasteiger partial charge is 0.246 e. The number of hydrogen-bond acceptors (Lipinski definition) is 5. The molecule has 0 bridgehead atoms. The van der Waals surface area contributed by atoms with E-state index >= 15 is 0 Å². The molecule has 0 aliphatic carbocycles. The van der Waals surface area contributed by atoms with Gasteiger partial charge in [-0.3, -0.25) is 14.4 Å². The molecule has 9 heteroatoms. The second-order valence-corrected chi connectivity index (χ2v) is 9.04. The minimum atomic E-state index is -0.595. The standard InChI is InChI=1S/C26H30FN3O5/c1-34-20-5-3-4-19(15-20)30-13-12-29(17-25(30)33)24(32)9-11-26(10-8-23(31)28-26)16-18-6-7-21(27)22(14-18)35-2/h3-7,14-15H,8-13,16-17H2,1-2H3,(H,28,31). The number of nitrogens with zero attached hydrogens (tertiary/aromatic N) is 2. The Labute approximate surface area is 204 Å². The summed E-state index contributed by atoms with van der Waals surface area (Å²) >= 11 is 0. The van der Waals surface area contributed by atoms with Gasteiger partial charge in [0, 0.05) is 43.2 Å². The van der Waals surface area contributed by atoms with Crippen molar-refractivity contribution in [2.75, 3.05) is 38.8 Å². The summed E-state index contributed by atoms with van der Waals surface area (Å²) in [6, 6.07) is 11.9. The van der Waals surface area contributed by atoms with Crippen LogP contribution in [0.15, 0.2) is 42.5 Å². The van der Waals surface area contributed by atoms with E-state index in [9.17, 15) is 18.8 Å². The fourth-order valence-electron chi connectivity index (χ4n) is 4.83. The minimum absolute atomic E-state index is 0.00453. The second-order valence-electron chi connectivity index (χ2n) is 9.04. The lowest BCUT2D eigenvalue weighted by Gasteiger charge is -2.35. The number of piperazine rings is 1. The van der Waals surface area contributed by atoms with Crippen molar-refractivity contribution in [3.8, 4) is 11.5 Å². The van der Waals surface area contributed by atoms with Crippen molar-refractivity contribution in [2.24, 2.45) is 0 Å². The first-order valence-corrected chi connectivity index (χ1v) is 11.7. The Morgan fingerprint density at radius 1 is 1.11 bits per heavy atom. The lowest BCUT2D eigenvalue weighted by Crippen LogP contribution is -2.53. The third-order valence-electron chi connectivity index (χ3n) is 6.75. The Bertz CT molecular complexity index is 1120. The zero-order valence-corrected chi connectivity index (χ0v) is 20.0. The van der Waals surface area contributed by atoms with Gasteiger partial charge in [-0.15, -0.1) is 0 Å². The van der Waals surface area contributed by atoms with Gasteiger partial charge >= 0.3 is 0 Å². The monoisotopic (exact) mass is 483 g/mol. The van der Waals surface area contributed by atoms with E-state index in [4.69, 9.17) is 9.47 Å². The molecule has 1 N–H and O–H groups in total. The average Bonchev–Trinajstić information content (AvgIpc) is 3.23. The van der Waals surface area contributed by atoms with E-state index in [2.05, 4.69) is 5.32 Å². The highest BCUT2D eigenvalue weighted by Gasteiger charge is 2.39. The van der Waals surface area contributed by atoms with Crippen molar-refractivity contribution in [3.05, 3.63) is 53.8 Å². The highest BCUT2D eigenvalue weighted by Crippen LogP contribution is 2.32. The van der Waals surface area contributed by atoms with Crippen molar-refractivity contribution in [1.29, 1.82) is 0 Å². The number of rotatable bonds is 8. The maximum Gasteiger partial charge on any atom is 0.246 e. The molecule has 1 atom stereocenters. The van der Waals surface area contributed by atoms with Gasteiger partial charge in [-0.1, -0.05) is 12.1 Å². The van der Waals surface area contributed by atoms with Crippen LogP contribution in [0.4, 0.5) is 10.1 Å². The Kier molecular flexibility index (Phi) is 7.23. The van der Waals surface area contributed by atoms with Crippen LogP contribution in [0, 0.1) is 5.82 Å². The zero-order chi connectivity index (χ0) is 25.0. The summed E-state index contributed by atoms with van der Waals surface area (Å²) in [6.45, 7) is 0.829. The lowest BCUT2D eigenvalue weighted by molar-refractivity contribution is -0.137. The molecule has 2 aromatic carbocycles. The molecule has 2 aliphatic heterocycles. The molecule has 186 valence electrons. The number of carbonyl (C=O) groups is 3. The highest BCUT2D eigenvalue weighted by atomic mass is 19.1. The van der Waals surface area contributed by atoms with Gasteiger partial charge in [0.1, 0.15) is 12.3 Å². The van der Waals surface area contributed by atoms with Crippen molar-refractivity contribution in [2.45, 2.75) is 37.6 Å². The maximum atomic E-state index is 13.8. The molecular formula is C26H30FN3O5. The molecule has 0 radical (unpaired) electrons. The van der Waals surface area contributed by atoms with Gasteiger partial charge in [-0.25, -0.2) is 4.39 Å². The van der Waals surface area contributed by atoms with Gasteiger partial charge in [0.05, 0.1) is 14.2 Å². The predicted octanol–water partition coefficient (Wildman–Crippen LogP) is 2.69. The molecule has 1 unspecified atom stereocenters. The Hall–Kier alpha value is -3.62. The van der Waals surface area contributed by atoms with Gasteiger partial charge in [0.25, 0.3) is 0 Å². The van der Waals surface area contributed by atoms with E-state index < -0.39 is 11.4 Å². The van der Waals surface area contributed by atoms with Crippen molar-refractivity contribution in [1.82, 2.24) is 10.2 Å². The molecule has 8 nitrogen and oxygen atoms in total. The summed E-state index contributed by atoms with van der Waals surface area (Å²) in [7, 11) is 2.98. The molecule has 35 heavy (non-hydrogen) atoms. The molecule has 2 heterocycles. The number of benzene rings is 2. The number of methoxy groups -OCH3 is 2. The number of amides is 3. The number of anilines is 1. The first kappa shape index (κ1) is 24.5. The summed E-state index contributed by atoms with van der Waals surface area (Å²) in [5, 5.41) is 3.04. The number of carbonyl (C=O) groups excluding carboxylic acids is 3. The van der Waals surface area contributed by atoms with E-state index in [0.717, 1.165) is 11.3 Å². The molecule has 2 aromatic rings. The van der Waals surface area contributed by atoms with Crippen LogP contribution in [0.25, 0.3) is 0 Å². The molecule has 0 aromatic heterocycles.